The molecule has 0 saturated carbocycles. The van der Waals surface area contributed by atoms with Crippen molar-refractivity contribution in [1.82, 2.24) is 9.78 Å². The van der Waals surface area contributed by atoms with Crippen LogP contribution in [0.4, 0.5) is 5.69 Å². The number of nitriles is 1. The number of fused-ring (bicyclic) bond motifs is 1. The smallest absolute Gasteiger partial charge is 0.276 e. The summed E-state index contributed by atoms with van der Waals surface area (Å²) >= 11 is 0. The number of hydrogen-bond acceptors (Lipinski definition) is 5. The molecule has 142 valence electrons. The lowest BCUT2D eigenvalue weighted by Crippen LogP contribution is -2.27. The van der Waals surface area contributed by atoms with Gasteiger partial charge in [-0.05, 0) is 36.8 Å². The Bertz CT molecular complexity index is 1080. The Morgan fingerprint density at radius 2 is 1.89 bits per heavy atom. The predicted molar refractivity (Wildman–Crippen MR) is 106 cm³/mol. The van der Waals surface area contributed by atoms with Crippen LogP contribution in [0.15, 0.2) is 53.3 Å². The lowest BCUT2D eigenvalue weighted by Gasteiger charge is -2.11. The van der Waals surface area contributed by atoms with Crippen molar-refractivity contribution in [3.05, 3.63) is 64.6 Å². The van der Waals surface area contributed by atoms with E-state index in [0.29, 0.717) is 28.8 Å². The summed E-state index contributed by atoms with van der Waals surface area (Å²) < 4.78 is 6.56. The van der Waals surface area contributed by atoms with Crippen LogP contribution in [0.5, 0.6) is 5.75 Å². The molecule has 7 heteroatoms. The zero-order valence-electron chi connectivity index (χ0n) is 15.5. The number of anilines is 1. The van der Waals surface area contributed by atoms with E-state index in [4.69, 9.17) is 10.00 Å². The summed E-state index contributed by atoms with van der Waals surface area (Å²) in [5.74, 6) is 0.142. The van der Waals surface area contributed by atoms with Crippen LogP contribution in [0.2, 0.25) is 0 Å². The highest BCUT2D eigenvalue weighted by molar-refractivity contribution is 6.11. The highest BCUT2D eigenvalue weighted by atomic mass is 16.5. The molecule has 0 bridgehead atoms. The van der Waals surface area contributed by atoms with E-state index in [1.807, 2.05) is 13.0 Å². The number of ether oxygens (including phenoxy) is 1. The van der Waals surface area contributed by atoms with E-state index in [1.54, 1.807) is 48.5 Å². The number of hydrogen-bond donors (Lipinski definition) is 1. The first kappa shape index (κ1) is 19.1. The zero-order chi connectivity index (χ0) is 19.9. The van der Waals surface area contributed by atoms with Gasteiger partial charge in [0.15, 0.2) is 12.3 Å². The first-order chi connectivity index (χ1) is 13.6. The monoisotopic (exact) mass is 376 g/mol. The molecule has 28 heavy (non-hydrogen) atoms. The molecular formula is C21H20N4O3. The molecule has 1 amide bonds. The van der Waals surface area contributed by atoms with Gasteiger partial charge in [0, 0.05) is 17.6 Å². The Hall–Kier alpha value is -3.66. The molecule has 1 heterocycles. The van der Waals surface area contributed by atoms with Gasteiger partial charge in [-0.3, -0.25) is 9.59 Å². The van der Waals surface area contributed by atoms with Crippen LogP contribution in [0.1, 0.15) is 30.3 Å². The average Bonchev–Trinajstić information content (AvgIpc) is 2.73. The van der Waals surface area contributed by atoms with E-state index in [1.165, 1.54) is 4.68 Å². The minimum absolute atomic E-state index is 0.0408. The third-order valence-corrected chi connectivity index (χ3v) is 4.22. The van der Waals surface area contributed by atoms with Gasteiger partial charge in [-0.1, -0.05) is 31.5 Å². The summed E-state index contributed by atoms with van der Waals surface area (Å²) in [5, 5.41) is 16.7. The van der Waals surface area contributed by atoms with Gasteiger partial charge in [0.05, 0.1) is 5.39 Å². The minimum atomic E-state index is -0.396. The van der Waals surface area contributed by atoms with E-state index in [-0.39, 0.29) is 17.9 Å². The standard InChI is InChI=1S/C21H20N4O3/c1-2-3-13-25-21(27)18-7-5-4-6-17(18)19(24-25)20(26)23-15-8-10-16(11-9-15)28-14-12-22/h4-11H,2-3,13-14H2,1H3,(H,23,26). The number of benzene rings is 2. The van der Waals surface area contributed by atoms with E-state index in [2.05, 4.69) is 10.4 Å². The van der Waals surface area contributed by atoms with Crippen molar-refractivity contribution in [1.29, 1.82) is 5.26 Å². The van der Waals surface area contributed by atoms with Gasteiger partial charge in [-0.2, -0.15) is 10.4 Å². The lowest BCUT2D eigenvalue weighted by molar-refractivity contribution is 0.102. The zero-order valence-corrected chi connectivity index (χ0v) is 15.5. The quantitative estimate of drug-likeness (QED) is 0.682. The van der Waals surface area contributed by atoms with Gasteiger partial charge in [0.2, 0.25) is 0 Å². The maximum absolute atomic E-state index is 12.9. The van der Waals surface area contributed by atoms with Crippen molar-refractivity contribution < 1.29 is 9.53 Å². The molecule has 3 aromatic rings. The molecule has 0 fully saturated rings. The number of nitrogens with one attached hydrogen (secondary N) is 1. The van der Waals surface area contributed by atoms with E-state index >= 15 is 0 Å². The summed E-state index contributed by atoms with van der Waals surface area (Å²) in [5.41, 5.74) is 0.571. The van der Waals surface area contributed by atoms with Crippen molar-refractivity contribution >= 4 is 22.4 Å². The molecule has 0 unspecified atom stereocenters. The van der Waals surface area contributed by atoms with Crippen LogP contribution in [0.25, 0.3) is 10.8 Å². The fourth-order valence-corrected chi connectivity index (χ4v) is 2.80. The van der Waals surface area contributed by atoms with Gasteiger partial charge in [-0.25, -0.2) is 4.68 Å². The first-order valence-electron chi connectivity index (χ1n) is 9.05. The van der Waals surface area contributed by atoms with Crippen LogP contribution in [-0.2, 0) is 6.54 Å². The van der Waals surface area contributed by atoms with E-state index in [9.17, 15) is 9.59 Å². The van der Waals surface area contributed by atoms with Crippen LogP contribution < -0.4 is 15.6 Å². The highest BCUT2D eigenvalue weighted by Gasteiger charge is 2.16. The molecule has 3 rings (SSSR count). The van der Waals surface area contributed by atoms with E-state index < -0.39 is 5.91 Å². The van der Waals surface area contributed by atoms with Gasteiger partial charge < -0.3 is 10.1 Å². The molecule has 0 aliphatic heterocycles. The molecule has 1 N–H and O–H groups in total. The summed E-state index contributed by atoms with van der Waals surface area (Å²) in [6.45, 7) is 2.45. The molecule has 0 saturated heterocycles. The number of unbranched alkanes of at least 4 members (excludes halogenated alkanes) is 1. The second kappa shape index (κ2) is 8.82. The van der Waals surface area contributed by atoms with Crippen molar-refractivity contribution in [2.45, 2.75) is 26.3 Å². The number of carbonyl (C=O) groups is 1. The van der Waals surface area contributed by atoms with Crippen LogP contribution in [-0.4, -0.2) is 22.3 Å². The summed E-state index contributed by atoms with van der Waals surface area (Å²) in [7, 11) is 0. The molecule has 2 aromatic carbocycles. The summed E-state index contributed by atoms with van der Waals surface area (Å²) in [6.07, 6.45) is 1.72. The fourth-order valence-electron chi connectivity index (χ4n) is 2.80. The maximum Gasteiger partial charge on any atom is 0.276 e. The van der Waals surface area contributed by atoms with Crippen molar-refractivity contribution in [2.75, 3.05) is 11.9 Å². The Balaban J connectivity index is 1.91. The molecule has 0 radical (unpaired) electrons. The molecule has 0 aliphatic carbocycles. The van der Waals surface area contributed by atoms with Crippen LogP contribution in [0, 0.1) is 11.3 Å². The third-order valence-electron chi connectivity index (χ3n) is 4.22. The van der Waals surface area contributed by atoms with Crippen LogP contribution in [0.3, 0.4) is 0 Å². The van der Waals surface area contributed by atoms with Gasteiger partial charge in [0.25, 0.3) is 11.5 Å². The number of amides is 1. The van der Waals surface area contributed by atoms with Crippen molar-refractivity contribution in [3.63, 3.8) is 0 Å². The number of aromatic nitrogens is 2. The van der Waals surface area contributed by atoms with Crippen molar-refractivity contribution in [2.24, 2.45) is 0 Å². The molecule has 0 aliphatic rings. The number of aryl methyl sites for hydroxylation is 1. The molecule has 0 spiro atoms. The molecular weight excluding hydrogens is 356 g/mol. The first-order valence-corrected chi connectivity index (χ1v) is 9.05. The van der Waals surface area contributed by atoms with Gasteiger partial charge in [0.1, 0.15) is 11.8 Å². The molecule has 7 nitrogen and oxygen atoms in total. The van der Waals surface area contributed by atoms with Gasteiger partial charge in [-0.15, -0.1) is 0 Å². The van der Waals surface area contributed by atoms with Gasteiger partial charge >= 0.3 is 0 Å². The molecule has 1 aromatic heterocycles. The Morgan fingerprint density at radius 1 is 1.18 bits per heavy atom. The average molecular weight is 376 g/mol. The van der Waals surface area contributed by atoms with Crippen molar-refractivity contribution in [3.8, 4) is 11.8 Å². The minimum Gasteiger partial charge on any atom is -0.479 e. The number of nitrogens with zero attached hydrogens (tertiary/aromatic N) is 3. The lowest BCUT2D eigenvalue weighted by atomic mass is 10.1. The third kappa shape index (κ3) is 4.18. The normalized spacial score (nSPS) is 10.4. The maximum atomic E-state index is 12.9. The summed E-state index contributed by atoms with van der Waals surface area (Å²) in [6, 6.07) is 15.6. The SMILES string of the molecule is CCCCn1nc(C(=O)Nc2ccc(OCC#N)cc2)c2ccccc2c1=O. The number of rotatable bonds is 7. The summed E-state index contributed by atoms with van der Waals surface area (Å²) in [4.78, 5) is 25.5. The fraction of sp³-hybridized carbons (Fsp3) is 0.238. The Kier molecular flexibility index (Phi) is 6.02. The van der Waals surface area contributed by atoms with Crippen LogP contribution >= 0.6 is 0 Å². The number of carbonyl (C=O) groups excluding carboxylic acids is 1. The molecule has 0 atom stereocenters. The second-order valence-corrected chi connectivity index (χ2v) is 6.20. The second-order valence-electron chi connectivity index (χ2n) is 6.20. The van der Waals surface area contributed by atoms with E-state index in [0.717, 1.165) is 12.8 Å². The highest BCUT2D eigenvalue weighted by Crippen LogP contribution is 2.18. The topological polar surface area (TPSA) is 97.0 Å². The Labute approximate surface area is 162 Å². The largest absolute Gasteiger partial charge is 0.479 e. The Morgan fingerprint density at radius 3 is 2.57 bits per heavy atom. The predicted octanol–water partition coefficient (Wildman–Crippen LogP) is 3.35.